The maximum absolute atomic E-state index is 5.86. The minimum Gasteiger partial charge on any atom is -0.370 e. The molecule has 0 saturated heterocycles. The molecule has 1 heterocycles. The van der Waals surface area contributed by atoms with Gasteiger partial charge in [0.05, 0.1) is 0 Å². The largest absolute Gasteiger partial charge is 0.370 e. The van der Waals surface area contributed by atoms with Crippen LogP contribution in [-0.4, -0.2) is 22.1 Å². The van der Waals surface area contributed by atoms with Crippen molar-refractivity contribution in [3.8, 4) is 0 Å². The number of aromatic nitrogens is 2. The van der Waals surface area contributed by atoms with E-state index in [1.54, 1.807) is 6.92 Å². The summed E-state index contributed by atoms with van der Waals surface area (Å²) < 4.78 is 4.97. The average molecular weight is 379 g/mol. The van der Waals surface area contributed by atoms with Crippen LogP contribution < -0.4 is 11.1 Å². The highest BCUT2D eigenvalue weighted by Crippen LogP contribution is 2.16. The number of nitrogens with two attached hydrogens (primary N) is 1. The molecule has 7 heteroatoms. The monoisotopic (exact) mass is 379 g/mol. The molecule has 0 aromatic carbocycles. The van der Waals surface area contributed by atoms with Gasteiger partial charge in [0.2, 0.25) is 5.89 Å². The number of nitrogens with one attached hydrogen (secondary N) is 1. The van der Waals surface area contributed by atoms with Gasteiger partial charge >= 0.3 is 0 Å². The Balaban J connectivity index is 0.00000180. The van der Waals surface area contributed by atoms with Gasteiger partial charge in [0, 0.05) is 6.04 Å². The first-order chi connectivity index (χ1) is 8.74. The van der Waals surface area contributed by atoms with Crippen molar-refractivity contribution in [1.29, 1.82) is 0 Å². The van der Waals surface area contributed by atoms with E-state index in [0.717, 1.165) is 0 Å². The molecule has 6 nitrogen and oxygen atoms in total. The second-order valence-corrected chi connectivity index (χ2v) is 4.77. The fourth-order valence-electron chi connectivity index (χ4n) is 2.24. The third-order valence-corrected chi connectivity index (χ3v) is 3.16. The molecule has 1 aromatic rings. The van der Waals surface area contributed by atoms with Crippen LogP contribution in [0.15, 0.2) is 9.52 Å². The zero-order valence-corrected chi connectivity index (χ0v) is 13.6. The number of hydrogen-bond donors (Lipinski definition) is 2. The molecular weight excluding hydrogens is 357 g/mol. The average Bonchev–Trinajstić information content (AvgIpc) is 2.60. The zero-order valence-electron chi connectivity index (χ0n) is 11.3. The summed E-state index contributed by atoms with van der Waals surface area (Å²) >= 11 is 0. The van der Waals surface area contributed by atoms with Gasteiger partial charge < -0.3 is 15.6 Å². The van der Waals surface area contributed by atoms with E-state index in [2.05, 4.69) is 20.4 Å². The molecule has 0 atom stereocenters. The lowest BCUT2D eigenvalue weighted by Gasteiger charge is -2.16. The second-order valence-electron chi connectivity index (χ2n) is 4.77. The molecule has 1 fully saturated rings. The van der Waals surface area contributed by atoms with Crippen LogP contribution in [-0.2, 0) is 6.54 Å². The summed E-state index contributed by atoms with van der Waals surface area (Å²) in [6, 6.07) is 0.459. The topological polar surface area (TPSA) is 89.3 Å². The molecule has 1 aliphatic rings. The molecular formula is C12H22IN5O. The Bertz CT molecular complexity index is 399. The van der Waals surface area contributed by atoms with E-state index < -0.39 is 0 Å². The summed E-state index contributed by atoms with van der Waals surface area (Å²) in [5.74, 6) is 1.59. The molecule has 0 radical (unpaired) electrons. The molecule has 0 unspecified atom stereocenters. The quantitative estimate of drug-likeness (QED) is 0.364. The highest BCUT2D eigenvalue weighted by molar-refractivity contribution is 14.0. The Kier molecular flexibility index (Phi) is 7.11. The van der Waals surface area contributed by atoms with Crippen LogP contribution in [0.5, 0.6) is 0 Å². The molecule has 1 aromatic heterocycles. The fraction of sp³-hybridized carbons (Fsp3) is 0.750. The van der Waals surface area contributed by atoms with Crippen LogP contribution in [0.1, 0.15) is 50.2 Å². The van der Waals surface area contributed by atoms with Gasteiger partial charge in [0.15, 0.2) is 11.8 Å². The first-order valence-corrected chi connectivity index (χ1v) is 6.59. The molecule has 0 bridgehead atoms. The van der Waals surface area contributed by atoms with Gasteiger partial charge in [-0.05, 0) is 19.8 Å². The van der Waals surface area contributed by atoms with Crippen molar-refractivity contribution in [3.05, 3.63) is 11.7 Å². The van der Waals surface area contributed by atoms with Crippen molar-refractivity contribution in [3.63, 3.8) is 0 Å². The highest BCUT2D eigenvalue weighted by atomic mass is 127. The lowest BCUT2D eigenvalue weighted by atomic mass is 10.1. The minimum atomic E-state index is 0. The Labute approximate surface area is 130 Å². The van der Waals surface area contributed by atoms with Crippen LogP contribution in [0.4, 0.5) is 0 Å². The standard InChI is InChI=1S/C12H21N5O.HI/c1-9-15-11(18-17-9)8-14-12(13)16-10-6-4-2-3-5-7-10;/h10H,2-8H2,1H3,(H3,13,14,16);1H. The van der Waals surface area contributed by atoms with E-state index in [1.165, 1.54) is 38.5 Å². The number of guanidine groups is 1. The Morgan fingerprint density at radius 1 is 1.37 bits per heavy atom. The lowest BCUT2D eigenvalue weighted by Crippen LogP contribution is -2.39. The number of aliphatic imine (C=N–C) groups is 1. The van der Waals surface area contributed by atoms with Crippen LogP contribution in [0, 0.1) is 6.92 Å². The van der Waals surface area contributed by atoms with E-state index in [4.69, 9.17) is 10.3 Å². The summed E-state index contributed by atoms with van der Waals surface area (Å²) in [4.78, 5) is 8.30. The van der Waals surface area contributed by atoms with Crippen molar-refractivity contribution < 1.29 is 4.52 Å². The Morgan fingerprint density at radius 2 is 2.05 bits per heavy atom. The van der Waals surface area contributed by atoms with Crippen molar-refractivity contribution in [2.24, 2.45) is 10.7 Å². The normalized spacial score (nSPS) is 17.6. The first kappa shape index (κ1) is 16.2. The molecule has 108 valence electrons. The molecule has 1 aliphatic carbocycles. The third kappa shape index (κ3) is 5.75. The van der Waals surface area contributed by atoms with Crippen molar-refractivity contribution in [1.82, 2.24) is 15.5 Å². The van der Waals surface area contributed by atoms with Crippen LogP contribution in [0.25, 0.3) is 0 Å². The molecule has 19 heavy (non-hydrogen) atoms. The second kappa shape index (κ2) is 8.34. The van der Waals surface area contributed by atoms with E-state index in [-0.39, 0.29) is 24.0 Å². The van der Waals surface area contributed by atoms with Crippen LogP contribution in [0.3, 0.4) is 0 Å². The zero-order chi connectivity index (χ0) is 12.8. The van der Waals surface area contributed by atoms with E-state index in [9.17, 15) is 0 Å². The molecule has 2 rings (SSSR count). The van der Waals surface area contributed by atoms with Crippen LogP contribution in [0.2, 0.25) is 0 Å². The summed E-state index contributed by atoms with van der Waals surface area (Å²) in [6.07, 6.45) is 7.56. The maximum Gasteiger partial charge on any atom is 0.248 e. The summed E-state index contributed by atoms with van der Waals surface area (Å²) in [6.45, 7) is 2.12. The number of aryl methyl sites for hydroxylation is 1. The van der Waals surface area contributed by atoms with Gasteiger partial charge in [-0.25, -0.2) is 4.99 Å². The first-order valence-electron chi connectivity index (χ1n) is 6.59. The predicted molar refractivity (Wildman–Crippen MR) is 84.4 cm³/mol. The van der Waals surface area contributed by atoms with E-state index in [0.29, 0.717) is 30.3 Å². The Hall–Kier alpha value is -0.860. The maximum atomic E-state index is 5.86. The van der Waals surface area contributed by atoms with Crippen molar-refractivity contribution in [2.45, 2.75) is 58.0 Å². The highest BCUT2D eigenvalue weighted by Gasteiger charge is 2.12. The summed E-state index contributed by atoms with van der Waals surface area (Å²) in [7, 11) is 0. The van der Waals surface area contributed by atoms with Crippen molar-refractivity contribution >= 4 is 29.9 Å². The Morgan fingerprint density at radius 3 is 2.63 bits per heavy atom. The molecule has 0 amide bonds. The lowest BCUT2D eigenvalue weighted by molar-refractivity contribution is 0.376. The summed E-state index contributed by atoms with van der Waals surface area (Å²) in [5.41, 5.74) is 5.86. The minimum absolute atomic E-state index is 0. The van der Waals surface area contributed by atoms with Crippen LogP contribution >= 0.6 is 24.0 Å². The number of rotatable bonds is 3. The smallest absolute Gasteiger partial charge is 0.248 e. The number of hydrogen-bond acceptors (Lipinski definition) is 4. The van der Waals surface area contributed by atoms with Gasteiger partial charge in [-0.1, -0.05) is 30.8 Å². The third-order valence-electron chi connectivity index (χ3n) is 3.16. The molecule has 0 spiro atoms. The number of halogens is 1. The molecule has 0 aliphatic heterocycles. The van der Waals surface area contributed by atoms with Gasteiger partial charge in [-0.3, -0.25) is 0 Å². The van der Waals surface area contributed by atoms with Gasteiger partial charge in [0.25, 0.3) is 0 Å². The van der Waals surface area contributed by atoms with Gasteiger partial charge in [0.1, 0.15) is 6.54 Å². The van der Waals surface area contributed by atoms with Gasteiger partial charge in [-0.2, -0.15) is 4.98 Å². The van der Waals surface area contributed by atoms with E-state index in [1.807, 2.05) is 0 Å². The van der Waals surface area contributed by atoms with Gasteiger partial charge in [-0.15, -0.1) is 24.0 Å². The van der Waals surface area contributed by atoms with E-state index >= 15 is 0 Å². The fourth-order valence-corrected chi connectivity index (χ4v) is 2.24. The predicted octanol–water partition coefficient (Wildman–Crippen LogP) is 2.12. The van der Waals surface area contributed by atoms with Crippen molar-refractivity contribution in [2.75, 3.05) is 0 Å². The molecule has 3 N–H and O–H groups in total. The SMILES string of the molecule is Cc1noc(CN=C(N)NC2CCCCCC2)n1.I. The molecule has 1 saturated carbocycles. The number of nitrogens with zero attached hydrogens (tertiary/aromatic N) is 3. The summed E-state index contributed by atoms with van der Waals surface area (Å²) in [5, 5.41) is 6.98.